The second kappa shape index (κ2) is 6.69. The van der Waals surface area contributed by atoms with Crippen molar-refractivity contribution in [2.45, 2.75) is 17.5 Å². The smallest absolute Gasteiger partial charge is 0.263 e. The van der Waals surface area contributed by atoms with Gasteiger partial charge in [0.1, 0.15) is 4.83 Å². The second-order valence-electron chi connectivity index (χ2n) is 4.62. The maximum absolute atomic E-state index is 12.5. The number of rotatable bonds is 5. The Labute approximate surface area is 141 Å². The molecule has 1 aromatic carbocycles. The summed E-state index contributed by atoms with van der Waals surface area (Å²) in [5.74, 6) is 0.667. The van der Waals surface area contributed by atoms with Crippen LogP contribution in [0.25, 0.3) is 10.2 Å². The van der Waals surface area contributed by atoms with Gasteiger partial charge in [-0.05, 0) is 23.1 Å². The van der Waals surface area contributed by atoms with Gasteiger partial charge >= 0.3 is 0 Å². The zero-order valence-electron chi connectivity index (χ0n) is 11.7. The number of halogens is 1. The summed E-state index contributed by atoms with van der Waals surface area (Å²) in [7, 11) is 0. The first kappa shape index (κ1) is 15.3. The predicted octanol–water partition coefficient (Wildman–Crippen LogP) is 4.59. The number of benzene rings is 1. The fourth-order valence-electron chi connectivity index (χ4n) is 2.09. The lowest BCUT2D eigenvalue weighted by atomic mass is 10.2. The van der Waals surface area contributed by atoms with E-state index in [2.05, 4.69) is 11.6 Å². The summed E-state index contributed by atoms with van der Waals surface area (Å²) in [6.07, 6.45) is 1.71. The van der Waals surface area contributed by atoms with Gasteiger partial charge in [0.05, 0.1) is 5.39 Å². The Bertz CT molecular complexity index is 885. The number of hydrogen-bond acceptors (Lipinski definition) is 4. The molecular formula is C16H13ClN2OS2. The van der Waals surface area contributed by atoms with Crippen molar-refractivity contribution in [2.75, 3.05) is 0 Å². The molecule has 3 aromatic rings. The van der Waals surface area contributed by atoms with Crippen LogP contribution in [0.5, 0.6) is 0 Å². The normalized spacial score (nSPS) is 11.0. The van der Waals surface area contributed by atoms with Gasteiger partial charge in [0.2, 0.25) is 0 Å². The van der Waals surface area contributed by atoms with E-state index in [1.54, 1.807) is 10.6 Å². The summed E-state index contributed by atoms with van der Waals surface area (Å²) in [6, 6.07) is 9.52. The molecule has 0 aliphatic heterocycles. The largest absolute Gasteiger partial charge is 0.283 e. The first-order valence-corrected chi connectivity index (χ1v) is 8.90. The van der Waals surface area contributed by atoms with Gasteiger partial charge in [0, 0.05) is 17.3 Å². The Kier molecular flexibility index (Phi) is 4.66. The number of thioether (sulfide) groups is 1. The van der Waals surface area contributed by atoms with Crippen molar-refractivity contribution in [1.82, 2.24) is 9.55 Å². The van der Waals surface area contributed by atoms with Gasteiger partial charge in [-0.25, -0.2) is 4.98 Å². The summed E-state index contributed by atoms with van der Waals surface area (Å²) in [5, 5.41) is 3.97. The molecule has 0 atom stereocenters. The molecular weight excluding hydrogens is 336 g/mol. The van der Waals surface area contributed by atoms with Crippen molar-refractivity contribution < 1.29 is 0 Å². The molecule has 0 amide bonds. The highest BCUT2D eigenvalue weighted by Gasteiger charge is 2.12. The zero-order valence-corrected chi connectivity index (χ0v) is 14.0. The molecule has 3 nitrogen and oxygen atoms in total. The van der Waals surface area contributed by atoms with Gasteiger partial charge in [-0.2, -0.15) is 0 Å². The Morgan fingerprint density at radius 3 is 2.95 bits per heavy atom. The first-order chi connectivity index (χ1) is 10.7. The number of nitrogens with zero attached hydrogens (tertiary/aromatic N) is 2. The molecule has 0 N–H and O–H groups in total. The quantitative estimate of drug-likeness (QED) is 0.384. The van der Waals surface area contributed by atoms with Crippen molar-refractivity contribution in [3.63, 3.8) is 0 Å². The number of fused-ring (bicyclic) bond motifs is 1. The van der Waals surface area contributed by atoms with E-state index < -0.39 is 0 Å². The minimum Gasteiger partial charge on any atom is -0.283 e. The minimum atomic E-state index is -0.0205. The Hall–Kier alpha value is -1.56. The highest BCUT2D eigenvalue weighted by atomic mass is 35.5. The zero-order chi connectivity index (χ0) is 15.5. The molecule has 0 spiro atoms. The SMILES string of the molecule is C=CCn1c(SCc2ccccc2Cl)nc2sccc2c1=O. The molecule has 6 heteroatoms. The Morgan fingerprint density at radius 2 is 2.18 bits per heavy atom. The number of aromatic nitrogens is 2. The van der Waals surface area contributed by atoms with Crippen LogP contribution in [0.2, 0.25) is 5.02 Å². The molecule has 0 unspecified atom stereocenters. The maximum Gasteiger partial charge on any atom is 0.263 e. The van der Waals surface area contributed by atoms with Crippen LogP contribution in [0.3, 0.4) is 0 Å². The number of hydrogen-bond donors (Lipinski definition) is 0. The van der Waals surface area contributed by atoms with E-state index >= 15 is 0 Å². The van der Waals surface area contributed by atoms with Crippen LogP contribution < -0.4 is 5.56 Å². The van der Waals surface area contributed by atoms with Gasteiger partial charge in [-0.15, -0.1) is 17.9 Å². The topological polar surface area (TPSA) is 34.9 Å². The fraction of sp³-hybridized carbons (Fsp3) is 0.125. The average molecular weight is 349 g/mol. The van der Waals surface area contributed by atoms with Crippen LogP contribution in [0.4, 0.5) is 0 Å². The third kappa shape index (κ3) is 2.97. The molecule has 0 aliphatic rings. The molecule has 2 aromatic heterocycles. The van der Waals surface area contributed by atoms with E-state index in [9.17, 15) is 4.79 Å². The fourth-order valence-corrected chi connectivity index (χ4v) is 4.19. The standard InChI is InChI=1S/C16H13ClN2OS2/c1-2-8-19-15(20)12-7-9-21-14(12)18-16(19)22-10-11-5-3-4-6-13(11)17/h2-7,9H,1,8,10H2. The van der Waals surface area contributed by atoms with Crippen molar-refractivity contribution in [3.05, 3.63) is 69.3 Å². The third-order valence-electron chi connectivity index (χ3n) is 3.17. The van der Waals surface area contributed by atoms with Gasteiger partial charge < -0.3 is 0 Å². The molecule has 3 rings (SSSR count). The Balaban J connectivity index is 1.98. The number of allylic oxidation sites excluding steroid dienone is 1. The molecule has 0 radical (unpaired) electrons. The monoisotopic (exact) mass is 348 g/mol. The summed E-state index contributed by atoms with van der Waals surface area (Å²) in [6.45, 7) is 4.17. The van der Waals surface area contributed by atoms with E-state index in [1.165, 1.54) is 23.1 Å². The highest BCUT2D eigenvalue weighted by molar-refractivity contribution is 7.98. The van der Waals surface area contributed by atoms with E-state index in [1.807, 2.05) is 35.7 Å². The molecule has 112 valence electrons. The van der Waals surface area contributed by atoms with Crippen LogP contribution in [-0.2, 0) is 12.3 Å². The Morgan fingerprint density at radius 1 is 1.36 bits per heavy atom. The average Bonchev–Trinajstić information content (AvgIpc) is 2.98. The molecule has 2 heterocycles. The van der Waals surface area contributed by atoms with E-state index in [0.717, 1.165) is 15.4 Å². The van der Waals surface area contributed by atoms with Crippen molar-refractivity contribution >= 4 is 44.9 Å². The predicted molar refractivity (Wildman–Crippen MR) is 95.1 cm³/mol. The summed E-state index contributed by atoms with van der Waals surface area (Å²) in [4.78, 5) is 17.9. The first-order valence-electron chi connectivity index (χ1n) is 6.66. The van der Waals surface area contributed by atoms with E-state index in [0.29, 0.717) is 22.8 Å². The van der Waals surface area contributed by atoms with Crippen LogP contribution in [-0.4, -0.2) is 9.55 Å². The lowest BCUT2D eigenvalue weighted by molar-refractivity contribution is 0.673. The van der Waals surface area contributed by atoms with Crippen molar-refractivity contribution in [2.24, 2.45) is 0 Å². The highest BCUT2D eigenvalue weighted by Crippen LogP contribution is 2.27. The summed E-state index contributed by atoms with van der Waals surface area (Å²) >= 11 is 9.17. The maximum atomic E-state index is 12.5. The summed E-state index contributed by atoms with van der Waals surface area (Å²) in [5.41, 5.74) is 1.01. The van der Waals surface area contributed by atoms with E-state index in [4.69, 9.17) is 11.6 Å². The summed E-state index contributed by atoms with van der Waals surface area (Å²) < 4.78 is 1.66. The van der Waals surface area contributed by atoms with Gasteiger partial charge in [0.25, 0.3) is 5.56 Å². The van der Waals surface area contributed by atoms with Gasteiger partial charge in [-0.3, -0.25) is 9.36 Å². The van der Waals surface area contributed by atoms with Gasteiger partial charge in [-0.1, -0.05) is 47.6 Å². The van der Waals surface area contributed by atoms with Crippen LogP contribution in [0.15, 0.2) is 58.3 Å². The number of thiophene rings is 1. The molecule has 22 heavy (non-hydrogen) atoms. The molecule has 0 saturated carbocycles. The minimum absolute atomic E-state index is 0.0205. The molecule has 0 saturated heterocycles. The molecule has 0 fully saturated rings. The second-order valence-corrected chi connectivity index (χ2v) is 6.86. The van der Waals surface area contributed by atoms with Crippen LogP contribution in [0, 0.1) is 0 Å². The third-order valence-corrected chi connectivity index (χ3v) is 5.38. The van der Waals surface area contributed by atoms with Crippen molar-refractivity contribution in [1.29, 1.82) is 0 Å². The van der Waals surface area contributed by atoms with Crippen LogP contribution >= 0.6 is 34.7 Å². The van der Waals surface area contributed by atoms with E-state index in [-0.39, 0.29) is 5.56 Å². The lowest BCUT2D eigenvalue weighted by Gasteiger charge is -2.10. The molecule has 0 aliphatic carbocycles. The van der Waals surface area contributed by atoms with Crippen molar-refractivity contribution in [3.8, 4) is 0 Å². The molecule has 0 bridgehead atoms. The van der Waals surface area contributed by atoms with Gasteiger partial charge in [0.15, 0.2) is 5.16 Å². The lowest BCUT2D eigenvalue weighted by Crippen LogP contribution is -2.22. The van der Waals surface area contributed by atoms with Crippen LogP contribution in [0.1, 0.15) is 5.56 Å².